The molecule has 0 aliphatic heterocycles. The second-order valence-corrected chi connectivity index (χ2v) is 11.3. The van der Waals surface area contributed by atoms with Gasteiger partial charge in [-0.3, -0.25) is 0 Å². The molecule has 2 aromatic rings. The van der Waals surface area contributed by atoms with Gasteiger partial charge in [0.05, 0.1) is 0 Å². The fourth-order valence-corrected chi connectivity index (χ4v) is 5.71. The Labute approximate surface area is 230 Å². The number of nitrogens with zero attached hydrogens (tertiary/aromatic N) is 1. The molecule has 2 nitrogen and oxygen atoms in total. The number of halogens is 2. The van der Waals surface area contributed by atoms with E-state index in [9.17, 15) is 8.78 Å². The van der Waals surface area contributed by atoms with Gasteiger partial charge in [0, 0.05) is 19.3 Å². The summed E-state index contributed by atoms with van der Waals surface area (Å²) in [7, 11) is 0. The predicted octanol–water partition coefficient (Wildman–Crippen LogP) is 10.7. The van der Waals surface area contributed by atoms with E-state index in [1.165, 1.54) is 37.7 Å². The highest BCUT2D eigenvalue weighted by Gasteiger charge is 2.40. The molecular formula is C34H47F2NO. The average molecular weight is 524 g/mol. The van der Waals surface area contributed by atoms with Crippen LogP contribution >= 0.6 is 0 Å². The van der Waals surface area contributed by atoms with Crippen LogP contribution in [0.25, 0.3) is 16.0 Å². The molecule has 38 heavy (non-hydrogen) atoms. The van der Waals surface area contributed by atoms with E-state index in [1.54, 1.807) is 0 Å². The number of alkyl halides is 2. The van der Waals surface area contributed by atoms with E-state index in [-0.39, 0.29) is 18.6 Å². The zero-order chi connectivity index (χ0) is 27.2. The topological polar surface area (TPSA) is 13.6 Å². The third-order valence-corrected chi connectivity index (χ3v) is 8.35. The highest BCUT2D eigenvalue weighted by atomic mass is 19.2. The van der Waals surface area contributed by atoms with Gasteiger partial charge < -0.3 is 9.58 Å². The molecule has 208 valence electrons. The number of unbranched alkanes of at least 4 members (excludes halogenated alkanes) is 6. The number of rotatable bonds is 16. The van der Waals surface area contributed by atoms with Crippen molar-refractivity contribution in [2.24, 2.45) is 0 Å². The Morgan fingerprint density at radius 2 is 1.39 bits per heavy atom. The average Bonchev–Trinajstić information content (AvgIpc) is 2.96. The van der Waals surface area contributed by atoms with E-state index in [0.717, 1.165) is 56.1 Å². The quantitative estimate of drug-likeness (QED) is 0.158. The van der Waals surface area contributed by atoms with Gasteiger partial charge >= 0.3 is 0 Å². The smallest absolute Gasteiger partial charge is 0.232 e. The van der Waals surface area contributed by atoms with E-state index in [2.05, 4.69) is 43.0 Å². The Balaban J connectivity index is 1.47. The Morgan fingerprint density at radius 3 is 2.00 bits per heavy atom. The molecule has 2 unspecified atom stereocenters. The van der Waals surface area contributed by atoms with Gasteiger partial charge in [-0.15, -0.1) is 0 Å². The zero-order valence-electron chi connectivity index (χ0n) is 23.6. The van der Waals surface area contributed by atoms with Crippen LogP contribution < -0.4 is 4.74 Å². The van der Waals surface area contributed by atoms with Crippen LogP contribution in [0.1, 0.15) is 115 Å². The first-order valence-electron chi connectivity index (χ1n) is 15.0. The van der Waals surface area contributed by atoms with Crippen molar-refractivity contribution in [3.63, 3.8) is 0 Å². The molecule has 2 aromatic carbocycles. The lowest BCUT2D eigenvalue weighted by Gasteiger charge is -2.31. The zero-order valence-corrected chi connectivity index (χ0v) is 23.6. The first-order valence-corrected chi connectivity index (χ1v) is 15.0. The lowest BCUT2D eigenvalue weighted by atomic mass is 9.72. The van der Waals surface area contributed by atoms with Crippen LogP contribution in [-0.2, 0) is 0 Å². The van der Waals surface area contributed by atoms with Gasteiger partial charge in [-0.25, -0.2) is 15.4 Å². The van der Waals surface area contributed by atoms with Crippen molar-refractivity contribution in [1.82, 2.24) is 0 Å². The van der Waals surface area contributed by atoms with Gasteiger partial charge in [0.2, 0.25) is 5.54 Å². The van der Waals surface area contributed by atoms with Gasteiger partial charge in [0.1, 0.15) is 18.5 Å². The van der Waals surface area contributed by atoms with Crippen LogP contribution in [0.2, 0.25) is 0 Å². The molecule has 0 amide bonds. The maximum Gasteiger partial charge on any atom is 0.232 e. The molecule has 1 aliphatic carbocycles. The first kappa shape index (κ1) is 30.1. The number of hydrogen-bond donors (Lipinski definition) is 0. The molecule has 3 rings (SSSR count). The molecular weight excluding hydrogens is 476 g/mol. The summed E-state index contributed by atoms with van der Waals surface area (Å²) < 4.78 is 33.6. The summed E-state index contributed by atoms with van der Waals surface area (Å²) in [5.41, 5.74) is 3.43. The lowest BCUT2D eigenvalue weighted by molar-refractivity contribution is 0.102. The minimum Gasteiger partial charge on any atom is -0.490 e. The van der Waals surface area contributed by atoms with Crippen molar-refractivity contribution in [3.8, 4) is 16.9 Å². The monoisotopic (exact) mass is 523 g/mol. The Morgan fingerprint density at radius 1 is 0.816 bits per heavy atom. The van der Waals surface area contributed by atoms with E-state index in [4.69, 9.17) is 11.3 Å². The normalized spacial score (nSPS) is 21.0. The standard InChI is InChI=1S/C34H47F2NO/c1-4-6-8-9-11-23-34(37-3)24-21-30(22-25-34)28-15-13-27(14-16-28)29-17-19-31(20-18-29)38-26-33(36)32(35)12-10-7-5-2/h13-20,30,32-33H,4-12,21-26H2,1-2H3. The van der Waals surface area contributed by atoms with Crippen LogP contribution in [0.15, 0.2) is 48.5 Å². The van der Waals surface area contributed by atoms with Crippen molar-refractivity contribution in [2.45, 2.75) is 128 Å². The summed E-state index contributed by atoms with van der Waals surface area (Å²) in [6.07, 6.45) is 11.4. The number of hydrogen-bond acceptors (Lipinski definition) is 1. The van der Waals surface area contributed by atoms with Gasteiger partial charge in [0.25, 0.3) is 0 Å². The molecule has 0 aromatic heterocycles. The summed E-state index contributed by atoms with van der Waals surface area (Å²) in [6.45, 7) is 11.9. The Bertz CT molecular complexity index is 957. The first-order chi connectivity index (χ1) is 18.5. The Hall–Kier alpha value is -2.41. The van der Waals surface area contributed by atoms with E-state index in [0.29, 0.717) is 18.1 Å². The third-order valence-electron chi connectivity index (χ3n) is 8.35. The molecule has 0 spiro atoms. The molecule has 1 fully saturated rings. The highest BCUT2D eigenvalue weighted by molar-refractivity contribution is 5.64. The lowest BCUT2D eigenvalue weighted by Crippen LogP contribution is -2.30. The summed E-state index contributed by atoms with van der Waals surface area (Å²) in [5.74, 6) is 1.09. The maximum atomic E-state index is 14.1. The molecule has 0 radical (unpaired) electrons. The molecule has 1 saturated carbocycles. The second-order valence-electron chi connectivity index (χ2n) is 11.3. The predicted molar refractivity (Wildman–Crippen MR) is 155 cm³/mol. The van der Waals surface area contributed by atoms with Crippen LogP contribution in [-0.4, -0.2) is 24.5 Å². The van der Waals surface area contributed by atoms with Crippen LogP contribution in [0.3, 0.4) is 0 Å². The minimum atomic E-state index is -1.59. The fourth-order valence-electron chi connectivity index (χ4n) is 5.71. The largest absolute Gasteiger partial charge is 0.490 e. The molecule has 2 atom stereocenters. The molecule has 4 heteroatoms. The molecule has 0 heterocycles. The molecule has 1 aliphatic rings. The SMILES string of the molecule is [C-]#[N+]C1(CCCCCCC)CCC(c2ccc(-c3ccc(OCC(F)C(F)CCCCC)cc3)cc2)CC1. The Kier molecular flexibility index (Phi) is 12.6. The summed E-state index contributed by atoms with van der Waals surface area (Å²) in [6, 6.07) is 16.4. The second kappa shape index (κ2) is 15.9. The number of benzene rings is 2. The van der Waals surface area contributed by atoms with Crippen LogP contribution in [0, 0.1) is 6.57 Å². The maximum absolute atomic E-state index is 14.1. The van der Waals surface area contributed by atoms with Crippen molar-refractivity contribution in [2.75, 3.05) is 6.61 Å². The van der Waals surface area contributed by atoms with Crippen LogP contribution in [0.5, 0.6) is 5.75 Å². The van der Waals surface area contributed by atoms with Gasteiger partial charge in [-0.2, -0.15) is 0 Å². The van der Waals surface area contributed by atoms with Crippen molar-refractivity contribution in [3.05, 3.63) is 65.5 Å². The number of ether oxygens (including phenoxy) is 1. The fraction of sp³-hybridized carbons (Fsp3) is 0.618. The van der Waals surface area contributed by atoms with Crippen molar-refractivity contribution >= 4 is 0 Å². The van der Waals surface area contributed by atoms with Crippen LogP contribution in [0.4, 0.5) is 8.78 Å². The molecule has 0 N–H and O–H groups in total. The highest BCUT2D eigenvalue weighted by Crippen LogP contribution is 2.43. The van der Waals surface area contributed by atoms with Gasteiger partial charge in [-0.05, 0) is 60.4 Å². The third kappa shape index (κ3) is 9.11. The van der Waals surface area contributed by atoms with Gasteiger partial charge in [0.15, 0.2) is 6.17 Å². The van der Waals surface area contributed by atoms with E-state index < -0.39 is 12.3 Å². The summed E-state index contributed by atoms with van der Waals surface area (Å²) >= 11 is 0. The van der Waals surface area contributed by atoms with E-state index >= 15 is 0 Å². The minimum absolute atomic E-state index is 0.130. The van der Waals surface area contributed by atoms with Gasteiger partial charge in [-0.1, -0.05) is 95.2 Å². The summed E-state index contributed by atoms with van der Waals surface area (Å²) in [4.78, 5) is 4.13. The molecule has 0 saturated heterocycles. The molecule has 0 bridgehead atoms. The van der Waals surface area contributed by atoms with E-state index in [1.807, 2.05) is 24.3 Å². The summed E-state index contributed by atoms with van der Waals surface area (Å²) in [5, 5.41) is 0. The van der Waals surface area contributed by atoms with Crippen molar-refractivity contribution in [1.29, 1.82) is 0 Å². The van der Waals surface area contributed by atoms with Crippen molar-refractivity contribution < 1.29 is 13.5 Å².